The lowest BCUT2D eigenvalue weighted by atomic mass is 9.91. The third kappa shape index (κ3) is 5.67. The molecule has 1 atom stereocenters. The first-order valence-electron chi connectivity index (χ1n) is 12.8. The Kier molecular flexibility index (Phi) is 7.23. The molecule has 1 N–H and O–H groups in total. The zero-order valence-corrected chi connectivity index (χ0v) is 21.2. The summed E-state index contributed by atoms with van der Waals surface area (Å²) in [7, 11) is 1.72. The summed E-state index contributed by atoms with van der Waals surface area (Å²) in [5.74, 6) is 0.686. The van der Waals surface area contributed by atoms with Crippen LogP contribution in [-0.4, -0.2) is 88.7 Å². The van der Waals surface area contributed by atoms with Gasteiger partial charge in [-0.1, -0.05) is 0 Å². The van der Waals surface area contributed by atoms with E-state index in [0.717, 1.165) is 42.5 Å². The predicted octanol–water partition coefficient (Wildman–Crippen LogP) is 2.73. The van der Waals surface area contributed by atoms with Gasteiger partial charge in [-0.15, -0.1) is 0 Å². The lowest BCUT2D eigenvalue weighted by Crippen LogP contribution is -2.54. The van der Waals surface area contributed by atoms with Crippen LogP contribution in [0.1, 0.15) is 36.0 Å². The molecule has 2 aromatic heterocycles. The Morgan fingerprint density at radius 2 is 1.97 bits per heavy atom. The Labute approximate surface area is 216 Å². The number of aromatic nitrogens is 2. The molecule has 0 spiro atoms. The van der Waals surface area contributed by atoms with Gasteiger partial charge in [-0.05, 0) is 55.7 Å². The van der Waals surface area contributed by atoms with Gasteiger partial charge in [-0.25, -0.2) is 0 Å². The summed E-state index contributed by atoms with van der Waals surface area (Å²) < 4.78 is 5.76. The Bertz CT molecular complexity index is 1260. The molecule has 2 amide bonds. The van der Waals surface area contributed by atoms with Crippen LogP contribution in [0.4, 0.5) is 5.69 Å². The van der Waals surface area contributed by atoms with Crippen LogP contribution in [0.5, 0.6) is 5.75 Å². The van der Waals surface area contributed by atoms with E-state index in [-0.39, 0.29) is 18.4 Å². The van der Waals surface area contributed by atoms with Gasteiger partial charge in [0.05, 0.1) is 24.2 Å². The number of hydrogen-bond donors (Lipinski definition) is 1. The van der Waals surface area contributed by atoms with Crippen LogP contribution in [0.2, 0.25) is 0 Å². The molecule has 2 aliphatic rings. The fourth-order valence-corrected chi connectivity index (χ4v) is 5.34. The third-order valence-corrected chi connectivity index (χ3v) is 7.20. The predicted molar refractivity (Wildman–Crippen MR) is 141 cm³/mol. The molecule has 0 bridgehead atoms. The van der Waals surface area contributed by atoms with Crippen molar-refractivity contribution in [1.29, 1.82) is 0 Å². The number of carbonyl (C=O) groups is 2. The van der Waals surface area contributed by atoms with E-state index < -0.39 is 5.60 Å². The van der Waals surface area contributed by atoms with E-state index in [1.165, 1.54) is 0 Å². The normalized spacial score (nSPS) is 19.9. The Balaban J connectivity index is 1.18. The molecule has 4 heterocycles. The number of nitrogens with zero attached hydrogens (tertiary/aromatic N) is 5. The average Bonchev–Trinajstić information content (AvgIpc) is 3.32. The molecule has 9 heteroatoms. The van der Waals surface area contributed by atoms with Crippen molar-refractivity contribution in [3.63, 3.8) is 0 Å². The van der Waals surface area contributed by atoms with Gasteiger partial charge in [-0.3, -0.25) is 19.6 Å². The van der Waals surface area contributed by atoms with Crippen LogP contribution in [0, 0.1) is 0 Å². The molecule has 9 nitrogen and oxygen atoms in total. The Morgan fingerprint density at radius 1 is 1.14 bits per heavy atom. The molecule has 194 valence electrons. The zero-order valence-electron chi connectivity index (χ0n) is 21.2. The number of piperidine rings is 1. The van der Waals surface area contributed by atoms with Gasteiger partial charge in [0.15, 0.2) is 0 Å². The number of β-amino-alcohol motifs (C(OH)–C–C–N with tert-alkyl or cyclic N) is 1. The minimum atomic E-state index is -1.03. The van der Waals surface area contributed by atoms with E-state index in [1.54, 1.807) is 54.8 Å². The number of fused-ring (bicyclic) bond motifs is 1. The maximum Gasteiger partial charge on any atom is 0.253 e. The van der Waals surface area contributed by atoms with E-state index >= 15 is 0 Å². The summed E-state index contributed by atoms with van der Waals surface area (Å²) in [6.45, 7) is 3.26. The second kappa shape index (κ2) is 10.7. The fraction of sp³-hybridized carbons (Fsp3) is 0.429. The molecule has 0 radical (unpaired) electrons. The van der Waals surface area contributed by atoms with Crippen LogP contribution in [-0.2, 0) is 4.79 Å². The topological polar surface area (TPSA) is 99.1 Å². The standard InChI is InChI=1S/C28H33N5O4/c1-31(27(35)21-5-7-22(8-6-21)37-17-16-32-14-2-4-26(32)34)19-28(36)11-3-15-33(20-28)25-10-13-30-24-9-12-29-18-23(24)25/h5-10,12-13,18,36H,2-4,11,14-17,19-20H2,1H3/t28-/m0/s1. The van der Waals surface area contributed by atoms with Crippen molar-refractivity contribution in [3.8, 4) is 5.75 Å². The quantitative estimate of drug-likeness (QED) is 0.505. The Morgan fingerprint density at radius 3 is 2.76 bits per heavy atom. The lowest BCUT2D eigenvalue weighted by molar-refractivity contribution is -0.128. The van der Waals surface area contributed by atoms with Crippen molar-refractivity contribution in [1.82, 2.24) is 19.8 Å². The maximum atomic E-state index is 13.1. The van der Waals surface area contributed by atoms with E-state index in [4.69, 9.17) is 4.74 Å². The van der Waals surface area contributed by atoms with Crippen molar-refractivity contribution in [2.24, 2.45) is 0 Å². The summed E-state index contributed by atoms with van der Waals surface area (Å²) in [6, 6.07) is 10.9. The summed E-state index contributed by atoms with van der Waals surface area (Å²) in [4.78, 5) is 39.1. The van der Waals surface area contributed by atoms with E-state index in [2.05, 4.69) is 14.9 Å². The number of aliphatic hydroxyl groups is 1. The third-order valence-electron chi connectivity index (χ3n) is 7.20. The van der Waals surface area contributed by atoms with Gasteiger partial charge in [0.2, 0.25) is 5.91 Å². The van der Waals surface area contributed by atoms with Gasteiger partial charge in [0.25, 0.3) is 5.91 Å². The molecule has 2 fully saturated rings. The number of rotatable bonds is 8. The summed E-state index contributed by atoms with van der Waals surface area (Å²) in [5.41, 5.74) is 1.36. The smallest absolute Gasteiger partial charge is 0.253 e. The van der Waals surface area contributed by atoms with Gasteiger partial charge < -0.3 is 24.5 Å². The van der Waals surface area contributed by atoms with Crippen molar-refractivity contribution in [2.45, 2.75) is 31.3 Å². The minimum absolute atomic E-state index is 0.154. The number of benzene rings is 1. The van der Waals surface area contributed by atoms with E-state index in [9.17, 15) is 14.7 Å². The number of likely N-dealkylation sites (tertiary alicyclic amines) is 1. The van der Waals surface area contributed by atoms with Crippen LogP contribution >= 0.6 is 0 Å². The number of ether oxygens (including phenoxy) is 1. The van der Waals surface area contributed by atoms with Gasteiger partial charge >= 0.3 is 0 Å². The van der Waals surface area contributed by atoms with Crippen LogP contribution in [0.25, 0.3) is 10.9 Å². The first-order valence-corrected chi connectivity index (χ1v) is 12.8. The molecule has 1 aromatic carbocycles. The number of hydrogen-bond acceptors (Lipinski definition) is 7. The zero-order chi connectivity index (χ0) is 25.8. The molecule has 0 aliphatic carbocycles. The number of carbonyl (C=O) groups excluding carboxylic acids is 2. The molecule has 2 saturated heterocycles. The first-order chi connectivity index (χ1) is 17.9. The second-order valence-corrected chi connectivity index (χ2v) is 9.99. The highest BCUT2D eigenvalue weighted by Crippen LogP contribution is 2.31. The summed E-state index contributed by atoms with van der Waals surface area (Å²) in [5, 5.41) is 12.4. The SMILES string of the molecule is CN(C[C@@]1(O)CCCN(c2ccnc3ccncc23)C1)C(=O)c1ccc(OCCN2CCCC2=O)cc1. The number of pyridine rings is 2. The van der Waals surface area contributed by atoms with E-state index in [1.807, 2.05) is 17.0 Å². The van der Waals surface area contributed by atoms with Gasteiger partial charge in [-0.2, -0.15) is 0 Å². The minimum Gasteiger partial charge on any atom is -0.492 e. The molecular formula is C28H33N5O4. The largest absolute Gasteiger partial charge is 0.492 e. The summed E-state index contributed by atoms with van der Waals surface area (Å²) in [6.07, 6.45) is 8.28. The maximum absolute atomic E-state index is 13.1. The highest BCUT2D eigenvalue weighted by molar-refractivity contribution is 5.94. The molecule has 5 rings (SSSR count). The van der Waals surface area contributed by atoms with Crippen molar-refractivity contribution in [3.05, 3.63) is 60.6 Å². The van der Waals surface area contributed by atoms with E-state index in [0.29, 0.717) is 43.9 Å². The number of amides is 2. The van der Waals surface area contributed by atoms with Crippen molar-refractivity contribution in [2.75, 3.05) is 51.3 Å². The fourth-order valence-electron chi connectivity index (χ4n) is 5.34. The Hall–Kier alpha value is -3.72. The molecular weight excluding hydrogens is 470 g/mol. The average molecular weight is 504 g/mol. The van der Waals surface area contributed by atoms with Gasteiger partial charge in [0, 0.05) is 68.3 Å². The van der Waals surface area contributed by atoms with Crippen molar-refractivity contribution < 1.29 is 19.4 Å². The van der Waals surface area contributed by atoms with Gasteiger partial charge in [0.1, 0.15) is 12.4 Å². The lowest BCUT2D eigenvalue weighted by Gasteiger charge is -2.42. The second-order valence-electron chi connectivity index (χ2n) is 9.99. The number of likely N-dealkylation sites (N-methyl/N-ethyl adjacent to an activating group) is 1. The van der Waals surface area contributed by atoms with Crippen LogP contribution in [0.15, 0.2) is 55.0 Å². The monoisotopic (exact) mass is 503 g/mol. The summed E-state index contributed by atoms with van der Waals surface area (Å²) >= 11 is 0. The van der Waals surface area contributed by atoms with Crippen molar-refractivity contribution >= 4 is 28.4 Å². The molecule has 0 saturated carbocycles. The first kappa shape index (κ1) is 25.0. The van der Waals surface area contributed by atoms with Crippen LogP contribution in [0.3, 0.4) is 0 Å². The number of anilines is 1. The molecule has 0 unspecified atom stereocenters. The molecule has 2 aliphatic heterocycles. The molecule has 37 heavy (non-hydrogen) atoms. The van der Waals surface area contributed by atoms with Crippen LogP contribution < -0.4 is 9.64 Å². The highest BCUT2D eigenvalue weighted by Gasteiger charge is 2.36. The highest BCUT2D eigenvalue weighted by atomic mass is 16.5. The molecule has 3 aromatic rings.